The summed E-state index contributed by atoms with van der Waals surface area (Å²) in [5, 5.41) is 11.4. The van der Waals surface area contributed by atoms with E-state index in [1.807, 2.05) is 0 Å². The van der Waals surface area contributed by atoms with E-state index in [9.17, 15) is 4.79 Å². The largest absolute Gasteiger partial charge is 0.465 e. The van der Waals surface area contributed by atoms with Crippen LogP contribution in [0, 0.1) is 11.5 Å². The van der Waals surface area contributed by atoms with Crippen LogP contribution in [0.15, 0.2) is 26.1 Å². The summed E-state index contributed by atoms with van der Waals surface area (Å²) in [7, 11) is 1.30. The zero-order valence-electron chi connectivity index (χ0n) is 10.0. The first kappa shape index (κ1) is 16.0. The molecule has 100 valence electrons. The molecule has 0 atom stereocenters. The van der Waals surface area contributed by atoms with E-state index < -0.39 is 5.97 Å². The fraction of sp³-hybridized carbons (Fsp3) is 0.182. The van der Waals surface area contributed by atoms with E-state index in [0.717, 1.165) is 4.47 Å². The smallest absolute Gasteiger partial charge is 0.340 e. The Bertz CT molecular complexity index is 570. The van der Waals surface area contributed by atoms with Gasteiger partial charge in [-0.05, 0) is 34.3 Å². The van der Waals surface area contributed by atoms with Crippen molar-refractivity contribution in [1.82, 2.24) is 5.32 Å². The summed E-state index contributed by atoms with van der Waals surface area (Å²) < 4.78 is 6.06. The predicted molar refractivity (Wildman–Crippen MR) is 82.5 cm³/mol. The highest BCUT2D eigenvalue weighted by Crippen LogP contribution is 2.34. The number of methoxy groups -OCH3 is 1. The molecule has 0 saturated heterocycles. The Labute approximate surface area is 131 Å². The second kappa shape index (κ2) is 7.53. The first-order valence-corrected chi connectivity index (χ1v) is 7.69. The van der Waals surface area contributed by atoms with Crippen molar-refractivity contribution in [3.63, 3.8) is 0 Å². The Balaban J connectivity index is 3.41. The lowest BCUT2D eigenvalue weighted by Crippen LogP contribution is -2.13. The van der Waals surface area contributed by atoms with E-state index in [1.165, 1.54) is 18.9 Å². The highest BCUT2D eigenvalue weighted by molar-refractivity contribution is 9.11. The van der Waals surface area contributed by atoms with Crippen LogP contribution in [0.25, 0.3) is 0 Å². The monoisotopic (exact) mass is 405 g/mol. The number of thioether (sulfide) groups is 1. The van der Waals surface area contributed by atoms with Gasteiger partial charge >= 0.3 is 5.97 Å². The molecule has 0 fully saturated rings. The lowest BCUT2D eigenvalue weighted by atomic mass is 10.2. The number of aliphatic imine (C=N–C) groups is 1. The Morgan fingerprint density at radius 1 is 1.53 bits per heavy atom. The molecule has 19 heavy (non-hydrogen) atoms. The first-order chi connectivity index (χ1) is 9.03. The summed E-state index contributed by atoms with van der Waals surface area (Å²) in [4.78, 5) is 16.0. The Morgan fingerprint density at radius 2 is 2.21 bits per heavy atom. The lowest BCUT2D eigenvalue weighted by molar-refractivity contribution is 0.0601. The van der Waals surface area contributed by atoms with Gasteiger partial charge in [-0.3, -0.25) is 5.32 Å². The van der Waals surface area contributed by atoms with E-state index in [0.29, 0.717) is 20.9 Å². The fourth-order valence-corrected chi connectivity index (χ4v) is 2.86. The Kier molecular flexibility index (Phi) is 6.34. The zero-order valence-corrected chi connectivity index (χ0v) is 14.0. The summed E-state index contributed by atoms with van der Waals surface area (Å²) in [6, 6.07) is 3.37. The molecular formula is C11H9Br2N3O2S. The molecule has 1 aromatic rings. The molecule has 0 spiro atoms. The standard InChI is InChI=1S/C11H9Br2N3O2S/c1-18-10(17)7-3-6(12)4-8(13)9(7)16-11(19-2)15-5-14/h3-4H,1-2H3,(H,15,16). The molecule has 0 amide bonds. The van der Waals surface area contributed by atoms with E-state index in [1.54, 1.807) is 24.6 Å². The highest BCUT2D eigenvalue weighted by Gasteiger charge is 2.16. The van der Waals surface area contributed by atoms with Crippen molar-refractivity contribution in [2.75, 3.05) is 13.4 Å². The minimum absolute atomic E-state index is 0.301. The van der Waals surface area contributed by atoms with Gasteiger partial charge in [-0.25, -0.2) is 9.79 Å². The van der Waals surface area contributed by atoms with Gasteiger partial charge in [-0.2, -0.15) is 5.26 Å². The van der Waals surface area contributed by atoms with Crippen molar-refractivity contribution in [3.05, 3.63) is 26.6 Å². The van der Waals surface area contributed by atoms with Crippen molar-refractivity contribution < 1.29 is 9.53 Å². The van der Waals surface area contributed by atoms with Gasteiger partial charge in [0.1, 0.15) is 0 Å². The fourth-order valence-electron chi connectivity index (χ4n) is 1.22. The molecule has 0 bridgehead atoms. The number of benzene rings is 1. The summed E-state index contributed by atoms with van der Waals surface area (Å²) in [5.74, 6) is -0.502. The van der Waals surface area contributed by atoms with E-state index in [-0.39, 0.29) is 0 Å². The number of carbonyl (C=O) groups excluding carboxylic acids is 1. The van der Waals surface area contributed by atoms with Crippen LogP contribution in [0.1, 0.15) is 10.4 Å². The minimum Gasteiger partial charge on any atom is -0.465 e. The van der Waals surface area contributed by atoms with Gasteiger partial charge < -0.3 is 4.74 Å². The molecule has 0 unspecified atom stereocenters. The number of nitrogens with one attached hydrogen (secondary N) is 1. The van der Waals surface area contributed by atoms with Crippen molar-refractivity contribution in [3.8, 4) is 6.19 Å². The molecular weight excluding hydrogens is 398 g/mol. The second-order valence-corrected chi connectivity index (χ2v) is 5.70. The maximum atomic E-state index is 11.7. The maximum absolute atomic E-state index is 11.7. The number of hydrogen-bond donors (Lipinski definition) is 1. The van der Waals surface area contributed by atoms with Gasteiger partial charge in [-0.15, -0.1) is 0 Å². The molecule has 0 aliphatic rings. The van der Waals surface area contributed by atoms with Gasteiger partial charge in [0.15, 0.2) is 11.4 Å². The van der Waals surface area contributed by atoms with E-state index in [4.69, 9.17) is 10.00 Å². The third-order valence-electron chi connectivity index (χ3n) is 2.00. The maximum Gasteiger partial charge on any atom is 0.340 e. The third kappa shape index (κ3) is 4.23. The minimum atomic E-state index is -0.502. The summed E-state index contributed by atoms with van der Waals surface area (Å²) in [5.41, 5.74) is 0.706. The number of hydrogen-bond acceptors (Lipinski definition) is 5. The summed E-state index contributed by atoms with van der Waals surface area (Å²) in [6.07, 6.45) is 3.56. The molecule has 0 radical (unpaired) electrons. The van der Waals surface area contributed by atoms with E-state index in [2.05, 4.69) is 42.2 Å². The quantitative estimate of drug-likeness (QED) is 0.268. The van der Waals surface area contributed by atoms with Crippen LogP contribution in [0.3, 0.4) is 0 Å². The summed E-state index contributed by atoms with van der Waals surface area (Å²) in [6.45, 7) is 0. The summed E-state index contributed by atoms with van der Waals surface area (Å²) >= 11 is 7.90. The van der Waals surface area contributed by atoms with Crippen LogP contribution in [-0.4, -0.2) is 24.5 Å². The van der Waals surface area contributed by atoms with Crippen LogP contribution >= 0.6 is 43.6 Å². The normalized spacial score (nSPS) is 10.8. The molecule has 5 nitrogen and oxygen atoms in total. The second-order valence-electron chi connectivity index (χ2n) is 3.13. The SMILES string of the molecule is COC(=O)c1cc(Br)cc(Br)c1N=C(NC#N)SC. The number of rotatable bonds is 2. The first-order valence-electron chi connectivity index (χ1n) is 4.88. The third-order valence-corrected chi connectivity index (χ3v) is 3.65. The average Bonchev–Trinajstić information content (AvgIpc) is 2.39. The molecule has 0 aromatic heterocycles. The van der Waals surface area contributed by atoms with Gasteiger partial charge in [0.25, 0.3) is 0 Å². The lowest BCUT2D eigenvalue weighted by Gasteiger charge is -2.08. The molecule has 0 saturated carbocycles. The van der Waals surface area contributed by atoms with Crippen molar-refractivity contribution in [1.29, 1.82) is 5.26 Å². The molecule has 1 rings (SSSR count). The number of nitrogens with zero attached hydrogens (tertiary/aromatic N) is 2. The molecule has 0 heterocycles. The number of esters is 1. The van der Waals surface area contributed by atoms with Crippen LogP contribution in [-0.2, 0) is 4.74 Å². The number of ether oxygens (including phenoxy) is 1. The number of carbonyl (C=O) groups is 1. The number of nitriles is 1. The van der Waals surface area contributed by atoms with Gasteiger partial charge in [0.05, 0.1) is 18.4 Å². The molecule has 0 aliphatic heterocycles. The van der Waals surface area contributed by atoms with Crippen LogP contribution < -0.4 is 5.32 Å². The Hall–Kier alpha value is -1.04. The zero-order chi connectivity index (χ0) is 14.4. The molecule has 8 heteroatoms. The van der Waals surface area contributed by atoms with Gasteiger partial charge in [0, 0.05) is 8.95 Å². The van der Waals surface area contributed by atoms with Crippen LogP contribution in [0.4, 0.5) is 5.69 Å². The van der Waals surface area contributed by atoms with Crippen LogP contribution in [0.2, 0.25) is 0 Å². The molecule has 1 N–H and O–H groups in total. The van der Waals surface area contributed by atoms with Crippen LogP contribution in [0.5, 0.6) is 0 Å². The molecule has 0 aliphatic carbocycles. The van der Waals surface area contributed by atoms with Crippen molar-refractivity contribution in [2.24, 2.45) is 4.99 Å². The predicted octanol–water partition coefficient (Wildman–Crippen LogP) is 3.42. The number of amidine groups is 1. The molecule has 1 aromatic carbocycles. The topological polar surface area (TPSA) is 74.5 Å². The number of halogens is 2. The van der Waals surface area contributed by atoms with Crippen molar-refractivity contribution in [2.45, 2.75) is 0 Å². The van der Waals surface area contributed by atoms with E-state index >= 15 is 0 Å². The average molecular weight is 407 g/mol. The van der Waals surface area contributed by atoms with Crippen molar-refractivity contribution >= 4 is 60.4 Å². The van der Waals surface area contributed by atoms with Gasteiger partial charge in [-0.1, -0.05) is 27.7 Å². The van der Waals surface area contributed by atoms with Gasteiger partial charge in [0.2, 0.25) is 0 Å². The highest BCUT2D eigenvalue weighted by atomic mass is 79.9. The Morgan fingerprint density at radius 3 is 2.74 bits per heavy atom.